The van der Waals surface area contributed by atoms with E-state index >= 15 is 0 Å². The maximum Gasteiger partial charge on any atom is 0.414 e. The number of carbonyl (C=O) groups excluding carboxylic acids is 1. The predicted octanol–water partition coefficient (Wildman–Crippen LogP) is 3.92. The van der Waals surface area contributed by atoms with Gasteiger partial charge in [-0.3, -0.25) is 10.00 Å². The Bertz CT molecular complexity index is 955. The number of nitrogens with zero attached hydrogens (tertiary/aromatic N) is 3. The zero-order valence-corrected chi connectivity index (χ0v) is 14.5. The number of hydrogen-bond donors (Lipinski definition) is 1. The number of carbonyl (C=O) groups is 1. The Morgan fingerprint density at radius 2 is 2.12 bits per heavy atom. The first kappa shape index (κ1) is 15.6. The van der Waals surface area contributed by atoms with Crippen LogP contribution in [0.2, 0.25) is 0 Å². The van der Waals surface area contributed by atoms with Crippen LogP contribution in [0, 0.1) is 0 Å². The van der Waals surface area contributed by atoms with Gasteiger partial charge in [0.25, 0.3) is 0 Å². The van der Waals surface area contributed by atoms with Crippen LogP contribution in [-0.4, -0.2) is 33.4 Å². The molecule has 3 heterocycles. The van der Waals surface area contributed by atoms with Crippen LogP contribution < -0.4 is 4.90 Å². The van der Waals surface area contributed by atoms with Crippen LogP contribution in [0.1, 0.15) is 26.3 Å². The van der Waals surface area contributed by atoms with Crippen LogP contribution in [-0.2, 0) is 11.2 Å². The average Bonchev–Trinajstić information content (AvgIpc) is 3.16. The maximum atomic E-state index is 12.5. The van der Waals surface area contributed by atoms with Crippen LogP contribution in [0.5, 0.6) is 0 Å². The van der Waals surface area contributed by atoms with Crippen molar-refractivity contribution in [2.75, 3.05) is 11.4 Å². The van der Waals surface area contributed by atoms with Crippen LogP contribution in [0.4, 0.5) is 10.5 Å². The molecule has 4 rings (SSSR count). The third kappa shape index (κ3) is 2.84. The molecule has 0 saturated heterocycles. The van der Waals surface area contributed by atoms with Crippen molar-refractivity contribution >= 4 is 22.8 Å². The van der Waals surface area contributed by atoms with E-state index in [0.717, 1.165) is 34.3 Å². The molecule has 0 spiro atoms. The van der Waals surface area contributed by atoms with Gasteiger partial charge in [-0.05, 0) is 51.0 Å². The van der Waals surface area contributed by atoms with E-state index in [1.165, 1.54) is 0 Å². The van der Waals surface area contributed by atoms with E-state index in [1.54, 1.807) is 11.1 Å². The molecule has 6 nitrogen and oxygen atoms in total. The van der Waals surface area contributed by atoms with Gasteiger partial charge >= 0.3 is 6.09 Å². The van der Waals surface area contributed by atoms with Crippen molar-refractivity contribution in [3.05, 3.63) is 42.1 Å². The lowest BCUT2D eigenvalue weighted by atomic mass is 10.0. The Balaban J connectivity index is 1.72. The summed E-state index contributed by atoms with van der Waals surface area (Å²) >= 11 is 0. The van der Waals surface area contributed by atoms with Gasteiger partial charge in [0.2, 0.25) is 0 Å². The van der Waals surface area contributed by atoms with Crippen molar-refractivity contribution in [1.29, 1.82) is 0 Å². The molecule has 1 aliphatic heterocycles. The van der Waals surface area contributed by atoms with Crippen LogP contribution in [0.25, 0.3) is 22.3 Å². The molecule has 1 N–H and O–H groups in total. The van der Waals surface area contributed by atoms with E-state index in [9.17, 15) is 4.79 Å². The molecule has 0 fully saturated rings. The van der Waals surface area contributed by atoms with E-state index in [0.29, 0.717) is 12.2 Å². The first-order valence-electron chi connectivity index (χ1n) is 8.35. The van der Waals surface area contributed by atoms with Gasteiger partial charge in [-0.2, -0.15) is 5.10 Å². The third-order valence-corrected chi connectivity index (χ3v) is 4.21. The molecule has 3 aromatic rings. The van der Waals surface area contributed by atoms with Gasteiger partial charge in [-0.15, -0.1) is 0 Å². The fourth-order valence-electron chi connectivity index (χ4n) is 3.11. The summed E-state index contributed by atoms with van der Waals surface area (Å²) < 4.78 is 5.54. The number of anilines is 1. The molecule has 0 radical (unpaired) electrons. The summed E-state index contributed by atoms with van der Waals surface area (Å²) in [5, 5.41) is 8.27. The first-order valence-corrected chi connectivity index (χ1v) is 8.35. The summed E-state index contributed by atoms with van der Waals surface area (Å²) in [5.41, 5.74) is 4.10. The minimum absolute atomic E-state index is 0.306. The highest BCUT2D eigenvalue weighted by Gasteiger charge is 2.29. The number of benzene rings is 1. The number of ether oxygens (including phenoxy) is 1. The van der Waals surface area contributed by atoms with E-state index in [-0.39, 0.29) is 6.09 Å². The van der Waals surface area contributed by atoms with Crippen LogP contribution >= 0.6 is 0 Å². The Morgan fingerprint density at radius 1 is 1.28 bits per heavy atom. The van der Waals surface area contributed by atoms with Gasteiger partial charge in [-0.1, -0.05) is 12.1 Å². The van der Waals surface area contributed by atoms with Crippen molar-refractivity contribution in [3.63, 3.8) is 0 Å². The summed E-state index contributed by atoms with van der Waals surface area (Å²) in [6.07, 6.45) is 2.25. The van der Waals surface area contributed by atoms with E-state index < -0.39 is 5.60 Å². The zero-order chi connectivity index (χ0) is 17.6. The lowest BCUT2D eigenvalue weighted by Crippen LogP contribution is -2.35. The first-order chi connectivity index (χ1) is 11.9. The van der Waals surface area contributed by atoms with Crippen molar-refractivity contribution in [1.82, 2.24) is 15.2 Å². The van der Waals surface area contributed by atoms with Crippen molar-refractivity contribution in [2.45, 2.75) is 32.8 Å². The third-order valence-electron chi connectivity index (χ3n) is 4.21. The number of fused-ring (bicyclic) bond motifs is 2. The quantitative estimate of drug-likeness (QED) is 0.731. The van der Waals surface area contributed by atoms with Gasteiger partial charge in [0.15, 0.2) is 5.65 Å². The van der Waals surface area contributed by atoms with Gasteiger partial charge in [0.05, 0.1) is 11.4 Å². The summed E-state index contributed by atoms with van der Waals surface area (Å²) in [5.74, 6) is 0. The summed E-state index contributed by atoms with van der Waals surface area (Å²) in [6, 6.07) is 10.0. The molecule has 128 valence electrons. The van der Waals surface area contributed by atoms with Crippen LogP contribution in [0.3, 0.4) is 0 Å². The average molecular weight is 336 g/mol. The molecule has 1 aliphatic rings. The van der Waals surface area contributed by atoms with E-state index in [4.69, 9.17) is 4.74 Å². The molecule has 0 bridgehead atoms. The lowest BCUT2D eigenvalue weighted by Gasteiger charge is -2.25. The summed E-state index contributed by atoms with van der Waals surface area (Å²) in [4.78, 5) is 18.5. The summed E-state index contributed by atoms with van der Waals surface area (Å²) in [6.45, 7) is 6.27. The summed E-state index contributed by atoms with van der Waals surface area (Å²) in [7, 11) is 0. The minimum Gasteiger partial charge on any atom is -0.443 e. The molecule has 25 heavy (non-hydrogen) atoms. The van der Waals surface area contributed by atoms with Gasteiger partial charge in [0, 0.05) is 23.7 Å². The molecule has 0 unspecified atom stereocenters. The molecule has 1 aromatic carbocycles. The Kier molecular flexibility index (Phi) is 3.49. The van der Waals surface area contributed by atoms with Crippen molar-refractivity contribution in [2.24, 2.45) is 0 Å². The largest absolute Gasteiger partial charge is 0.443 e. The number of hydrogen-bond acceptors (Lipinski definition) is 4. The minimum atomic E-state index is -0.511. The second-order valence-electron chi connectivity index (χ2n) is 7.20. The second kappa shape index (κ2) is 5.58. The monoisotopic (exact) mass is 336 g/mol. The number of H-pyrrole nitrogens is 1. The molecular weight excluding hydrogens is 316 g/mol. The number of rotatable bonds is 1. The topological polar surface area (TPSA) is 71.1 Å². The highest BCUT2D eigenvalue weighted by atomic mass is 16.6. The van der Waals surface area contributed by atoms with Crippen molar-refractivity contribution in [3.8, 4) is 11.3 Å². The highest BCUT2D eigenvalue weighted by molar-refractivity contribution is 5.95. The molecule has 1 amide bonds. The standard InChI is InChI=1S/C19H20N4O2/c1-19(2,3)25-18(24)23-10-8-12-6-7-13(11-15(12)23)16-14-5-4-9-20-17(14)22-21-16/h4-7,9,11H,8,10H2,1-3H3,(H,20,21,22). The molecule has 0 saturated carbocycles. The van der Waals surface area contributed by atoms with Gasteiger partial charge in [0.1, 0.15) is 5.60 Å². The SMILES string of the molecule is CC(C)(C)OC(=O)N1CCc2ccc(-c3[nH]nc4ncccc34)cc21. The maximum absolute atomic E-state index is 12.5. The smallest absolute Gasteiger partial charge is 0.414 e. The Labute approximate surface area is 145 Å². The van der Waals surface area contributed by atoms with Crippen LogP contribution in [0.15, 0.2) is 36.5 Å². The molecule has 2 aromatic heterocycles. The van der Waals surface area contributed by atoms with E-state index in [2.05, 4.69) is 27.3 Å². The molecule has 0 aliphatic carbocycles. The van der Waals surface area contributed by atoms with Gasteiger partial charge in [-0.25, -0.2) is 9.78 Å². The number of aromatic nitrogens is 3. The van der Waals surface area contributed by atoms with E-state index in [1.807, 2.05) is 39.0 Å². The number of pyridine rings is 1. The number of aromatic amines is 1. The van der Waals surface area contributed by atoms with Crippen molar-refractivity contribution < 1.29 is 9.53 Å². The lowest BCUT2D eigenvalue weighted by molar-refractivity contribution is 0.0584. The normalized spacial score (nSPS) is 14.0. The molecule has 6 heteroatoms. The zero-order valence-electron chi connectivity index (χ0n) is 14.5. The predicted molar refractivity (Wildman–Crippen MR) is 96.6 cm³/mol. The Hall–Kier alpha value is -2.89. The highest BCUT2D eigenvalue weighted by Crippen LogP contribution is 2.35. The number of nitrogens with one attached hydrogen (secondary N) is 1. The number of amides is 1. The second-order valence-corrected chi connectivity index (χ2v) is 7.20. The fourth-order valence-corrected chi connectivity index (χ4v) is 3.11. The fraction of sp³-hybridized carbons (Fsp3) is 0.316. The Morgan fingerprint density at radius 3 is 2.92 bits per heavy atom. The van der Waals surface area contributed by atoms with Gasteiger partial charge < -0.3 is 4.74 Å². The molecular formula is C19H20N4O2. The molecule has 0 atom stereocenters.